The highest BCUT2D eigenvalue weighted by molar-refractivity contribution is 9.10. The van der Waals surface area contributed by atoms with Crippen molar-refractivity contribution in [2.45, 2.75) is 18.7 Å². The van der Waals surface area contributed by atoms with Crippen LogP contribution in [0.15, 0.2) is 45.8 Å². The van der Waals surface area contributed by atoms with E-state index in [-0.39, 0.29) is 4.90 Å². The van der Waals surface area contributed by atoms with Crippen LogP contribution in [-0.2, 0) is 14.8 Å². The zero-order valence-corrected chi connectivity index (χ0v) is 15.4. The van der Waals surface area contributed by atoms with E-state index in [0.717, 1.165) is 10.0 Å². The van der Waals surface area contributed by atoms with Crippen LogP contribution in [0.2, 0.25) is 0 Å². The maximum absolute atomic E-state index is 12.5. The average molecular weight is 414 g/mol. The molecule has 6 nitrogen and oxygen atoms in total. The Hall–Kier alpha value is -2.06. The van der Waals surface area contributed by atoms with Gasteiger partial charge in [-0.05, 0) is 61.4 Å². The normalized spacial score (nSPS) is 11.1. The lowest BCUT2D eigenvalue weighted by molar-refractivity contribution is -0.139. The van der Waals surface area contributed by atoms with Crippen molar-refractivity contribution in [2.75, 3.05) is 11.3 Å². The fourth-order valence-electron chi connectivity index (χ4n) is 2.04. The zero-order valence-electron chi connectivity index (χ0n) is 13.0. The standard InChI is InChI=1S/C16H16BrNO5S/c1-10-7-12(17)3-5-14(10)18-24(21,22)13-4-6-15(11(2)8-13)23-9-16(19)20/h3-8,18H,9H2,1-2H3,(H,19,20). The van der Waals surface area contributed by atoms with Gasteiger partial charge in [0.15, 0.2) is 6.61 Å². The van der Waals surface area contributed by atoms with E-state index >= 15 is 0 Å². The first-order chi connectivity index (χ1) is 11.2. The van der Waals surface area contributed by atoms with Crippen molar-refractivity contribution < 1.29 is 23.1 Å². The van der Waals surface area contributed by atoms with E-state index in [9.17, 15) is 13.2 Å². The SMILES string of the molecule is Cc1cc(Br)ccc1NS(=O)(=O)c1ccc(OCC(=O)O)c(C)c1. The van der Waals surface area contributed by atoms with E-state index in [4.69, 9.17) is 9.84 Å². The van der Waals surface area contributed by atoms with Crippen LogP contribution in [0.4, 0.5) is 5.69 Å². The maximum Gasteiger partial charge on any atom is 0.341 e. The summed E-state index contributed by atoms with van der Waals surface area (Å²) in [5.74, 6) is -0.769. The van der Waals surface area contributed by atoms with Crippen molar-refractivity contribution in [3.05, 3.63) is 52.0 Å². The number of halogens is 1. The molecule has 128 valence electrons. The zero-order chi connectivity index (χ0) is 17.9. The number of anilines is 1. The van der Waals surface area contributed by atoms with Gasteiger partial charge in [0.05, 0.1) is 10.6 Å². The second-order valence-electron chi connectivity index (χ2n) is 5.17. The van der Waals surface area contributed by atoms with Gasteiger partial charge in [0.1, 0.15) is 5.75 Å². The molecular formula is C16H16BrNO5S. The van der Waals surface area contributed by atoms with Crippen LogP contribution in [0, 0.1) is 13.8 Å². The molecule has 0 heterocycles. The molecular weight excluding hydrogens is 398 g/mol. The summed E-state index contributed by atoms with van der Waals surface area (Å²) < 4.78 is 33.5. The lowest BCUT2D eigenvalue weighted by Gasteiger charge is -2.13. The van der Waals surface area contributed by atoms with E-state index in [1.165, 1.54) is 18.2 Å². The number of carboxylic acids is 1. The highest BCUT2D eigenvalue weighted by Crippen LogP contribution is 2.26. The lowest BCUT2D eigenvalue weighted by atomic mass is 10.2. The molecule has 0 bridgehead atoms. The molecule has 2 aromatic carbocycles. The van der Waals surface area contributed by atoms with Crippen LogP contribution in [-0.4, -0.2) is 26.1 Å². The molecule has 0 fully saturated rings. The van der Waals surface area contributed by atoms with Crippen LogP contribution in [0.25, 0.3) is 0 Å². The van der Waals surface area contributed by atoms with Gasteiger partial charge in [0, 0.05) is 4.47 Å². The van der Waals surface area contributed by atoms with Crippen molar-refractivity contribution >= 4 is 37.6 Å². The molecule has 0 saturated heterocycles. The van der Waals surface area contributed by atoms with Crippen LogP contribution in [0.5, 0.6) is 5.75 Å². The quantitative estimate of drug-likeness (QED) is 0.757. The predicted molar refractivity (Wildman–Crippen MR) is 94.0 cm³/mol. The van der Waals surface area contributed by atoms with Gasteiger partial charge in [-0.15, -0.1) is 0 Å². The van der Waals surface area contributed by atoms with E-state index in [0.29, 0.717) is 17.0 Å². The van der Waals surface area contributed by atoms with Crippen molar-refractivity contribution in [2.24, 2.45) is 0 Å². The molecule has 0 saturated carbocycles. The average Bonchev–Trinajstić information content (AvgIpc) is 2.48. The van der Waals surface area contributed by atoms with Gasteiger partial charge >= 0.3 is 5.97 Å². The highest BCUT2D eigenvalue weighted by Gasteiger charge is 2.17. The van der Waals surface area contributed by atoms with E-state index in [1.807, 2.05) is 6.07 Å². The Kier molecular flexibility index (Phi) is 5.51. The van der Waals surface area contributed by atoms with Crippen LogP contribution >= 0.6 is 15.9 Å². The number of hydrogen-bond acceptors (Lipinski definition) is 4. The fourth-order valence-corrected chi connectivity index (χ4v) is 3.73. The molecule has 0 atom stereocenters. The molecule has 0 aliphatic heterocycles. The Bertz CT molecular complexity index is 880. The number of hydrogen-bond donors (Lipinski definition) is 2. The molecule has 24 heavy (non-hydrogen) atoms. The fraction of sp³-hybridized carbons (Fsp3) is 0.188. The van der Waals surface area contributed by atoms with Gasteiger partial charge in [-0.25, -0.2) is 13.2 Å². The van der Waals surface area contributed by atoms with Crippen molar-refractivity contribution in [1.82, 2.24) is 0 Å². The summed E-state index contributed by atoms with van der Waals surface area (Å²) in [5.41, 5.74) is 1.81. The molecule has 0 radical (unpaired) electrons. The maximum atomic E-state index is 12.5. The third-order valence-electron chi connectivity index (χ3n) is 3.24. The van der Waals surface area contributed by atoms with E-state index in [1.54, 1.807) is 26.0 Å². The molecule has 0 amide bonds. The third kappa shape index (κ3) is 4.48. The first kappa shape index (κ1) is 18.3. The Labute approximate surface area is 148 Å². The second kappa shape index (κ2) is 7.23. The molecule has 8 heteroatoms. The Morgan fingerprint density at radius 1 is 1.17 bits per heavy atom. The Morgan fingerprint density at radius 2 is 1.88 bits per heavy atom. The smallest absolute Gasteiger partial charge is 0.341 e. The van der Waals surface area contributed by atoms with Crippen LogP contribution < -0.4 is 9.46 Å². The number of benzene rings is 2. The number of ether oxygens (including phenoxy) is 1. The summed E-state index contributed by atoms with van der Waals surface area (Å²) in [7, 11) is -3.76. The minimum Gasteiger partial charge on any atom is -0.482 e. The molecule has 0 aromatic heterocycles. The first-order valence-electron chi connectivity index (χ1n) is 6.93. The number of carbonyl (C=O) groups is 1. The predicted octanol–water partition coefficient (Wildman–Crippen LogP) is 3.33. The topological polar surface area (TPSA) is 92.7 Å². The Balaban J connectivity index is 2.26. The van der Waals surface area contributed by atoms with Crippen molar-refractivity contribution in [3.8, 4) is 5.75 Å². The summed E-state index contributed by atoms with van der Waals surface area (Å²) in [6.07, 6.45) is 0. The number of aliphatic carboxylic acids is 1. The molecule has 0 aliphatic carbocycles. The number of carboxylic acid groups (broad SMARTS) is 1. The molecule has 0 spiro atoms. The van der Waals surface area contributed by atoms with Crippen molar-refractivity contribution in [1.29, 1.82) is 0 Å². The number of nitrogens with one attached hydrogen (secondary N) is 1. The van der Waals surface area contributed by atoms with E-state index < -0.39 is 22.6 Å². The third-order valence-corrected chi connectivity index (χ3v) is 5.10. The molecule has 0 aliphatic rings. The van der Waals surface area contributed by atoms with Gasteiger partial charge in [-0.3, -0.25) is 4.72 Å². The largest absolute Gasteiger partial charge is 0.482 e. The van der Waals surface area contributed by atoms with Gasteiger partial charge in [-0.2, -0.15) is 0 Å². The second-order valence-corrected chi connectivity index (χ2v) is 7.77. The summed E-state index contributed by atoms with van der Waals surface area (Å²) >= 11 is 3.33. The van der Waals surface area contributed by atoms with Gasteiger partial charge in [0.25, 0.3) is 10.0 Å². The molecule has 2 N–H and O–H groups in total. The van der Waals surface area contributed by atoms with Gasteiger partial charge < -0.3 is 9.84 Å². The minimum absolute atomic E-state index is 0.0741. The van der Waals surface area contributed by atoms with Gasteiger partial charge in [-0.1, -0.05) is 15.9 Å². The van der Waals surface area contributed by atoms with Gasteiger partial charge in [0.2, 0.25) is 0 Å². The number of rotatable bonds is 6. The minimum atomic E-state index is -3.76. The van der Waals surface area contributed by atoms with Crippen LogP contribution in [0.1, 0.15) is 11.1 Å². The Morgan fingerprint density at radius 3 is 2.46 bits per heavy atom. The van der Waals surface area contributed by atoms with Crippen LogP contribution in [0.3, 0.4) is 0 Å². The summed E-state index contributed by atoms with van der Waals surface area (Å²) in [4.78, 5) is 10.6. The molecule has 2 aromatic rings. The number of aryl methyl sites for hydroxylation is 2. The summed E-state index contributed by atoms with van der Waals surface area (Å²) in [5, 5.41) is 8.62. The van der Waals surface area contributed by atoms with E-state index in [2.05, 4.69) is 20.7 Å². The number of sulfonamides is 1. The van der Waals surface area contributed by atoms with Crippen molar-refractivity contribution in [3.63, 3.8) is 0 Å². The lowest BCUT2D eigenvalue weighted by Crippen LogP contribution is -2.14. The monoisotopic (exact) mass is 413 g/mol. The molecule has 2 rings (SSSR count). The molecule has 0 unspecified atom stereocenters. The highest BCUT2D eigenvalue weighted by atomic mass is 79.9. The first-order valence-corrected chi connectivity index (χ1v) is 9.21. The summed E-state index contributed by atoms with van der Waals surface area (Å²) in [6, 6.07) is 9.49. The summed E-state index contributed by atoms with van der Waals surface area (Å²) in [6.45, 7) is 2.97.